The summed E-state index contributed by atoms with van der Waals surface area (Å²) in [6.45, 7) is 0. The summed E-state index contributed by atoms with van der Waals surface area (Å²) in [6, 6.07) is 17.1. The van der Waals surface area contributed by atoms with Gasteiger partial charge in [-0.2, -0.15) is 0 Å². The first kappa shape index (κ1) is 23.8. The van der Waals surface area contributed by atoms with E-state index in [-0.39, 0.29) is 27.7 Å². The molecule has 0 heterocycles. The van der Waals surface area contributed by atoms with Gasteiger partial charge in [-0.15, -0.1) is 0 Å². The third kappa shape index (κ3) is 6.12. The number of hydrogen-bond acceptors (Lipinski definition) is 4. The average molecular weight is 485 g/mol. The molecule has 0 fully saturated rings. The van der Waals surface area contributed by atoms with Gasteiger partial charge in [0, 0.05) is 5.56 Å². The van der Waals surface area contributed by atoms with Crippen LogP contribution in [0.25, 0.3) is 6.08 Å². The molecule has 3 N–H and O–H groups in total. The summed E-state index contributed by atoms with van der Waals surface area (Å²) in [5, 5.41) is 15.0. The zero-order valence-corrected chi connectivity index (χ0v) is 18.8. The molecule has 168 valence electrons. The maximum Gasteiger partial charge on any atom is 0.335 e. The van der Waals surface area contributed by atoms with E-state index in [0.717, 1.165) is 0 Å². The Labute approximate surface area is 199 Å². The van der Waals surface area contributed by atoms with Crippen molar-refractivity contribution in [2.75, 3.05) is 12.4 Å². The monoisotopic (exact) mass is 484 g/mol. The van der Waals surface area contributed by atoms with Gasteiger partial charge in [0.1, 0.15) is 11.4 Å². The lowest BCUT2D eigenvalue weighted by atomic mass is 10.1. The van der Waals surface area contributed by atoms with E-state index in [1.165, 1.54) is 37.5 Å². The molecule has 0 aliphatic heterocycles. The zero-order valence-electron chi connectivity index (χ0n) is 17.3. The van der Waals surface area contributed by atoms with Crippen molar-refractivity contribution in [1.82, 2.24) is 5.32 Å². The lowest BCUT2D eigenvalue weighted by Crippen LogP contribution is -2.30. The molecule has 0 radical (unpaired) electrons. The number of aromatic carboxylic acids is 1. The highest BCUT2D eigenvalue weighted by Gasteiger charge is 2.18. The number of benzene rings is 3. The van der Waals surface area contributed by atoms with Gasteiger partial charge in [-0.1, -0.05) is 47.5 Å². The van der Waals surface area contributed by atoms with Crippen LogP contribution in [0.15, 0.2) is 72.4 Å². The predicted octanol–water partition coefficient (Wildman–Crippen LogP) is 5.11. The molecule has 0 aliphatic carbocycles. The van der Waals surface area contributed by atoms with Crippen molar-refractivity contribution in [2.24, 2.45) is 0 Å². The topological polar surface area (TPSA) is 105 Å². The summed E-state index contributed by atoms with van der Waals surface area (Å²) in [7, 11) is 1.38. The number of carbonyl (C=O) groups is 3. The van der Waals surface area contributed by atoms with Gasteiger partial charge in [-0.25, -0.2) is 4.79 Å². The van der Waals surface area contributed by atoms with Crippen LogP contribution in [-0.2, 0) is 4.79 Å². The molecule has 0 spiro atoms. The van der Waals surface area contributed by atoms with Crippen molar-refractivity contribution in [3.05, 3.63) is 99.2 Å². The average Bonchev–Trinajstić information content (AvgIpc) is 2.81. The Morgan fingerprint density at radius 1 is 0.909 bits per heavy atom. The fourth-order valence-corrected chi connectivity index (χ4v) is 3.15. The number of hydrogen-bond donors (Lipinski definition) is 3. The number of carboxylic acids is 1. The highest BCUT2D eigenvalue weighted by molar-refractivity contribution is 6.42. The van der Waals surface area contributed by atoms with E-state index < -0.39 is 17.8 Å². The van der Waals surface area contributed by atoms with Crippen molar-refractivity contribution in [1.29, 1.82) is 0 Å². The van der Waals surface area contributed by atoms with E-state index in [1.54, 1.807) is 42.5 Å². The summed E-state index contributed by atoms with van der Waals surface area (Å²) in [5.74, 6) is -2.14. The SMILES string of the molecule is COc1ccc(C(=O)O)cc1NC(=O)/C(=C/c1ccc(Cl)c(Cl)c1)NC(=O)c1ccccc1. The van der Waals surface area contributed by atoms with E-state index in [4.69, 9.17) is 27.9 Å². The highest BCUT2D eigenvalue weighted by Crippen LogP contribution is 2.27. The number of ether oxygens (including phenoxy) is 1. The van der Waals surface area contributed by atoms with E-state index in [1.807, 2.05) is 0 Å². The smallest absolute Gasteiger partial charge is 0.335 e. The van der Waals surface area contributed by atoms with Crippen LogP contribution >= 0.6 is 23.2 Å². The molecule has 7 nitrogen and oxygen atoms in total. The lowest BCUT2D eigenvalue weighted by Gasteiger charge is -2.14. The summed E-state index contributed by atoms with van der Waals surface area (Å²) in [5.41, 5.74) is 0.820. The highest BCUT2D eigenvalue weighted by atomic mass is 35.5. The van der Waals surface area contributed by atoms with Gasteiger partial charge in [-0.05, 0) is 54.1 Å². The molecule has 0 unspecified atom stereocenters. The normalized spacial score (nSPS) is 10.9. The first-order valence-electron chi connectivity index (χ1n) is 9.54. The van der Waals surface area contributed by atoms with Crippen LogP contribution in [0.1, 0.15) is 26.3 Å². The third-order valence-corrected chi connectivity index (χ3v) is 5.22. The van der Waals surface area contributed by atoms with Crippen LogP contribution in [0.4, 0.5) is 5.69 Å². The Morgan fingerprint density at radius 2 is 1.64 bits per heavy atom. The molecular formula is C24H18Cl2N2O5. The largest absolute Gasteiger partial charge is 0.495 e. The fraction of sp³-hybridized carbons (Fsp3) is 0.0417. The number of anilines is 1. The Morgan fingerprint density at radius 3 is 2.27 bits per heavy atom. The minimum atomic E-state index is -1.17. The number of carboxylic acid groups (broad SMARTS) is 1. The van der Waals surface area contributed by atoms with Crippen molar-refractivity contribution in [3.8, 4) is 5.75 Å². The lowest BCUT2D eigenvalue weighted by molar-refractivity contribution is -0.113. The molecule has 2 amide bonds. The van der Waals surface area contributed by atoms with Gasteiger partial charge in [0.25, 0.3) is 11.8 Å². The van der Waals surface area contributed by atoms with E-state index in [9.17, 15) is 19.5 Å². The minimum absolute atomic E-state index is 0.0468. The number of carbonyl (C=O) groups excluding carboxylic acids is 2. The summed E-state index contributed by atoms with van der Waals surface area (Å²) >= 11 is 12.0. The van der Waals surface area contributed by atoms with Gasteiger partial charge in [0.05, 0.1) is 28.4 Å². The first-order chi connectivity index (χ1) is 15.8. The Bertz CT molecular complexity index is 1240. The first-order valence-corrected chi connectivity index (χ1v) is 10.3. The van der Waals surface area contributed by atoms with Gasteiger partial charge in [0.15, 0.2) is 0 Å². The van der Waals surface area contributed by atoms with Crippen molar-refractivity contribution >= 4 is 52.7 Å². The Hall–Kier alpha value is -3.81. The molecule has 0 saturated heterocycles. The molecule has 0 saturated carbocycles. The number of nitrogens with one attached hydrogen (secondary N) is 2. The van der Waals surface area contributed by atoms with Gasteiger partial charge in [-0.3, -0.25) is 9.59 Å². The standard InChI is InChI=1S/C24H18Cl2N2O5/c1-33-21-10-8-16(24(31)32)13-19(21)27-23(30)20(12-14-7-9-17(25)18(26)11-14)28-22(29)15-5-3-2-4-6-15/h2-13H,1H3,(H,27,30)(H,28,29)(H,31,32)/b20-12-. The van der Waals surface area contributed by atoms with Crippen molar-refractivity contribution in [2.45, 2.75) is 0 Å². The van der Waals surface area contributed by atoms with Crippen LogP contribution in [0, 0.1) is 0 Å². The summed E-state index contributed by atoms with van der Waals surface area (Å²) < 4.78 is 5.21. The minimum Gasteiger partial charge on any atom is -0.495 e. The van der Waals surface area contributed by atoms with Gasteiger partial charge < -0.3 is 20.5 Å². The van der Waals surface area contributed by atoms with Gasteiger partial charge >= 0.3 is 5.97 Å². The van der Waals surface area contributed by atoms with Crippen LogP contribution in [0.5, 0.6) is 5.75 Å². The molecule has 3 rings (SSSR count). The molecule has 9 heteroatoms. The quantitative estimate of drug-likeness (QED) is 0.404. The van der Waals surface area contributed by atoms with E-state index in [2.05, 4.69) is 10.6 Å². The van der Waals surface area contributed by atoms with Crippen LogP contribution in [0.2, 0.25) is 10.0 Å². The summed E-state index contributed by atoms with van der Waals surface area (Å²) in [6.07, 6.45) is 1.42. The number of methoxy groups -OCH3 is 1. The molecule has 0 atom stereocenters. The molecule has 3 aromatic carbocycles. The van der Waals surface area contributed by atoms with Crippen molar-refractivity contribution < 1.29 is 24.2 Å². The van der Waals surface area contributed by atoms with Crippen LogP contribution in [-0.4, -0.2) is 30.0 Å². The molecular weight excluding hydrogens is 467 g/mol. The molecule has 33 heavy (non-hydrogen) atoms. The fourth-order valence-electron chi connectivity index (χ4n) is 2.84. The third-order valence-electron chi connectivity index (χ3n) is 4.48. The maximum atomic E-state index is 13.1. The molecule has 3 aromatic rings. The molecule has 0 bridgehead atoms. The number of rotatable bonds is 7. The van der Waals surface area contributed by atoms with Crippen LogP contribution < -0.4 is 15.4 Å². The molecule has 0 aliphatic rings. The Balaban J connectivity index is 1.98. The van der Waals surface area contributed by atoms with E-state index >= 15 is 0 Å². The maximum absolute atomic E-state index is 13.1. The van der Waals surface area contributed by atoms with E-state index in [0.29, 0.717) is 16.1 Å². The molecule has 0 aromatic heterocycles. The van der Waals surface area contributed by atoms with Gasteiger partial charge in [0.2, 0.25) is 0 Å². The van der Waals surface area contributed by atoms with Crippen molar-refractivity contribution in [3.63, 3.8) is 0 Å². The second kappa shape index (κ2) is 10.7. The second-order valence-electron chi connectivity index (χ2n) is 6.73. The van der Waals surface area contributed by atoms with Crippen LogP contribution in [0.3, 0.4) is 0 Å². The number of amides is 2. The Kier molecular flexibility index (Phi) is 7.71. The zero-order chi connectivity index (χ0) is 24.0. The second-order valence-corrected chi connectivity index (χ2v) is 7.54. The predicted molar refractivity (Wildman–Crippen MR) is 127 cm³/mol. The number of halogens is 2. The summed E-state index contributed by atoms with van der Waals surface area (Å²) in [4.78, 5) is 37.2.